The van der Waals surface area contributed by atoms with Gasteiger partial charge in [0, 0.05) is 6.04 Å². The van der Waals surface area contributed by atoms with Crippen LogP contribution in [0.15, 0.2) is 0 Å². The lowest BCUT2D eigenvalue weighted by Crippen LogP contribution is -2.28. The highest BCUT2D eigenvalue weighted by Crippen LogP contribution is 2.19. The van der Waals surface area contributed by atoms with Crippen LogP contribution in [0.4, 0.5) is 0 Å². The summed E-state index contributed by atoms with van der Waals surface area (Å²) in [4.78, 5) is 0. The van der Waals surface area contributed by atoms with E-state index in [1.165, 1.54) is 38.6 Å². The van der Waals surface area contributed by atoms with Crippen molar-refractivity contribution in [1.29, 1.82) is 0 Å². The lowest BCUT2D eigenvalue weighted by Gasteiger charge is -2.18. The molecule has 0 bridgehead atoms. The lowest BCUT2D eigenvalue weighted by atomic mass is 9.95. The summed E-state index contributed by atoms with van der Waals surface area (Å²) in [6.45, 7) is 5.91. The summed E-state index contributed by atoms with van der Waals surface area (Å²) in [5.74, 6) is 0.900. The molecule has 2 unspecified atom stereocenters. The van der Waals surface area contributed by atoms with Gasteiger partial charge in [0.25, 0.3) is 0 Å². The van der Waals surface area contributed by atoms with Crippen molar-refractivity contribution >= 4 is 0 Å². The predicted molar refractivity (Wildman–Crippen MR) is 49.7 cm³/mol. The van der Waals surface area contributed by atoms with Gasteiger partial charge in [0.05, 0.1) is 0 Å². The first-order valence-corrected chi connectivity index (χ1v) is 5.08. The Morgan fingerprint density at radius 3 is 2.91 bits per heavy atom. The van der Waals surface area contributed by atoms with Gasteiger partial charge in [-0.25, -0.2) is 0 Å². The van der Waals surface area contributed by atoms with Gasteiger partial charge in [-0.05, 0) is 31.7 Å². The van der Waals surface area contributed by atoms with Crippen molar-refractivity contribution in [3.63, 3.8) is 0 Å². The Balaban J connectivity index is 2.12. The highest BCUT2D eigenvalue weighted by Gasteiger charge is 2.19. The molecule has 0 aliphatic carbocycles. The minimum Gasteiger partial charge on any atom is -0.314 e. The largest absolute Gasteiger partial charge is 0.314 e. The van der Waals surface area contributed by atoms with Crippen LogP contribution in [0.2, 0.25) is 0 Å². The molecule has 1 heteroatoms. The third kappa shape index (κ3) is 2.82. The van der Waals surface area contributed by atoms with Crippen LogP contribution < -0.4 is 5.32 Å². The van der Waals surface area contributed by atoms with E-state index in [9.17, 15) is 0 Å². The molecule has 2 atom stereocenters. The van der Waals surface area contributed by atoms with Crippen LogP contribution in [0.25, 0.3) is 0 Å². The summed E-state index contributed by atoms with van der Waals surface area (Å²) in [5.41, 5.74) is 0. The summed E-state index contributed by atoms with van der Waals surface area (Å²) in [7, 11) is 0. The van der Waals surface area contributed by atoms with Gasteiger partial charge >= 0.3 is 0 Å². The highest BCUT2D eigenvalue weighted by molar-refractivity contribution is 4.78. The lowest BCUT2D eigenvalue weighted by molar-refractivity contribution is 0.384. The van der Waals surface area contributed by atoms with Gasteiger partial charge in [-0.2, -0.15) is 0 Å². The molecule has 1 rings (SSSR count). The summed E-state index contributed by atoms with van der Waals surface area (Å²) >= 11 is 0. The molecule has 0 spiro atoms. The highest BCUT2D eigenvalue weighted by atomic mass is 14.9. The number of rotatable bonds is 4. The standard InChI is InChI=1S/C10H21N/c1-3-4-6-9(2)10-7-5-8-11-10/h9-11H,3-8H2,1-2H3. The van der Waals surface area contributed by atoms with Gasteiger partial charge in [-0.1, -0.05) is 26.7 Å². The van der Waals surface area contributed by atoms with E-state index in [4.69, 9.17) is 0 Å². The smallest absolute Gasteiger partial charge is 0.00931 e. The summed E-state index contributed by atoms with van der Waals surface area (Å²) < 4.78 is 0. The molecule has 0 radical (unpaired) electrons. The van der Waals surface area contributed by atoms with Crippen LogP contribution in [-0.4, -0.2) is 12.6 Å². The van der Waals surface area contributed by atoms with Gasteiger partial charge in [0.2, 0.25) is 0 Å². The molecule has 0 aromatic carbocycles. The van der Waals surface area contributed by atoms with E-state index in [-0.39, 0.29) is 0 Å². The molecule has 66 valence electrons. The molecular weight excluding hydrogens is 134 g/mol. The zero-order chi connectivity index (χ0) is 8.10. The molecule has 1 aliphatic rings. The molecule has 1 aliphatic heterocycles. The number of unbranched alkanes of at least 4 members (excludes halogenated alkanes) is 1. The maximum absolute atomic E-state index is 3.57. The molecule has 0 aromatic rings. The monoisotopic (exact) mass is 155 g/mol. The van der Waals surface area contributed by atoms with Crippen molar-refractivity contribution in [2.45, 2.75) is 52.0 Å². The van der Waals surface area contributed by atoms with E-state index >= 15 is 0 Å². The second-order valence-corrected chi connectivity index (χ2v) is 3.82. The quantitative estimate of drug-likeness (QED) is 0.658. The fourth-order valence-corrected chi connectivity index (χ4v) is 1.92. The van der Waals surface area contributed by atoms with E-state index in [1.807, 2.05) is 0 Å². The first kappa shape index (κ1) is 9.05. The van der Waals surface area contributed by atoms with Gasteiger partial charge in [-0.3, -0.25) is 0 Å². The number of hydrogen-bond donors (Lipinski definition) is 1. The zero-order valence-corrected chi connectivity index (χ0v) is 7.90. The van der Waals surface area contributed by atoms with E-state index in [0.29, 0.717) is 0 Å². The molecule has 1 N–H and O–H groups in total. The Hall–Kier alpha value is -0.0400. The molecule has 0 saturated carbocycles. The Morgan fingerprint density at radius 1 is 1.55 bits per heavy atom. The fourth-order valence-electron chi connectivity index (χ4n) is 1.92. The van der Waals surface area contributed by atoms with E-state index in [1.54, 1.807) is 0 Å². The Bertz CT molecular complexity index is 95.0. The van der Waals surface area contributed by atoms with Crippen molar-refractivity contribution in [3.05, 3.63) is 0 Å². The number of hydrogen-bond acceptors (Lipinski definition) is 1. The van der Waals surface area contributed by atoms with Gasteiger partial charge in [-0.15, -0.1) is 0 Å². The van der Waals surface area contributed by atoms with Gasteiger partial charge < -0.3 is 5.32 Å². The van der Waals surface area contributed by atoms with Gasteiger partial charge in [0.15, 0.2) is 0 Å². The minimum atomic E-state index is 0.835. The minimum absolute atomic E-state index is 0.835. The predicted octanol–water partition coefficient (Wildman–Crippen LogP) is 2.56. The molecule has 11 heavy (non-hydrogen) atoms. The van der Waals surface area contributed by atoms with E-state index in [2.05, 4.69) is 19.2 Å². The molecular formula is C10H21N. The van der Waals surface area contributed by atoms with Crippen LogP contribution in [0.5, 0.6) is 0 Å². The van der Waals surface area contributed by atoms with E-state index < -0.39 is 0 Å². The van der Waals surface area contributed by atoms with Crippen LogP contribution in [0.3, 0.4) is 0 Å². The van der Waals surface area contributed by atoms with Crippen molar-refractivity contribution in [3.8, 4) is 0 Å². The molecule has 1 saturated heterocycles. The molecule has 1 nitrogen and oxygen atoms in total. The van der Waals surface area contributed by atoms with Gasteiger partial charge in [0.1, 0.15) is 0 Å². The van der Waals surface area contributed by atoms with Crippen molar-refractivity contribution in [2.75, 3.05) is 6.54 Å². The van der Waals surface area contributed by atoms with Crippen molar-refractivity contribution in [1.82, 2.24) is 5.32 Å². The first-order valence-electron chi connectivity index (χ1n) is 5.08. The van der Waals surface area contributed by atoms with E-state index in [0.717, 1.165) is 12.0 Å². The second-order valence-electron chi connectivity index (χ2n) is 3.82. The Kier molecular flexibility index (Phi) is 3.92. The fraction of sp³-hybridized carbons (Fsp3) is 1.00. The summed E-state index contributed by atoms with van der Waals surface area (Å²) in [5, 5.41) is 3.57. The number of nitrogens with one attached hydrogen (secondary N) is 1. The molecule has 1 fully saturated rings. The average Bonchev–Trinajstić information content (AvgIpc) is 2.52. The normalized spacial score (nSPS) is 27.3. The van der Waals surface area contributed by atoms with Crippen molar-refractivity contribution < 1.29 is 0 Å². The maximum atomic E-state index is 3.57. The second kappa shape index (κ2) is 4.76. The molecule has 0 aromatic heterocycles. The zero-order valence-electron chi connectivity index (χ0n) is 7.90. The maximum Gasteiger partial charge on any atom is 0.00931 e. The average molecular weight is 155 g/mol. The Morgan fingerprint density at radius 2 is 2.36 bits per heavy atom. The third-order valence-corrected chi connectivity index (χ3v) is 2.80. The Labute approximate surface area is 70.6 Å². The molecule has 1 heterocycles. The van der Waals surface area contributed by atoms with Crippen LogP contribution >= 0.6 is 0 Å². The summed E-state index contributed by atoms with van der Waals surface area (Å²) in [6.07, 6.45) is 6.95. The van der Waals surface area contributed by atoms with Crippen molar-refractivity contribution in [2.24, 2.45) is 5.92 Å². The summed E-state index contributed by atoms with van der Waals surface area (Å²) in [6, 6.07) is 0.835. The van der Waals surface area contributed by atoms with Crippen LogP contribution in [0.1, 0.15) is 46.0 Å². The first-order chi connectivity index (χ1) is 5.34. The SMILES string of the molecule is CCCCC(C)C1CCCN1. The topological polar surface area (TPSA) is 12.0 Å². The van der Waals surface area contributed by atoms with Crippen LogP contribution in [0, 0.1) is 5.92 Å². The van der Waals surface area contributed by atoms with Crippen LogP contribution in [-0.2, 0) is 0 Å². The molecule has 0 amide bonds. The third-order valence-electron chi connectivity index (χ3n) is 2.80.